The fourth-order valence-corrected chi connectivity index (χ4v) is 2.84. The number of nitrogens with two attached hydrogens (primary N) is 1. The van der Waals surface area contributed by atoms with Crippen LogP contribution in [-0.2, 0) is 6.42 Å². The lowest BCUT2D eigenvalue weighted by molar-refractivity contribution is 0.0994. The van der Waals surface area contributed by atoms with Gasteiger partial charge in [0.25, 0.3) is 0 Å². The number of hydrogen-bond acceptors (Lipinski definition) is 3. The third kappa shape index (κ3) is 2.37. The van der Waals surface area contributed by atoms with E-state index in [1.807, 2.05) is 53.2 Å². The number of benzene rings is 2. The molecule has 3 aromatic rings. The molecule has 0 aliphatic rings. The molecular weight excluding hydrogens is 254 g/mol. The van der Waals surface area contributed by atoms with Crippen molar-refractivity contribution in [3.05, 3.63) is 64.4 Å². The van der Waals surface area contributed by atoms with Gasteiger partial charge in [0.15, 0.2) is 5.78 Å². The molecule has 0 fully saturated rings. The molecule has 3 heteroatoms. The second-order valence-electron chi connectivity index (χ2n) is 4.52. The molecule has 0 saturated heterocycles. The number of rotatable bonds is 3. The van der Waals surface area contributed by atoms with E-state index in [0.29, 0.717) is 17.7 Å². The lowest BCUT2D eigenvalue weighted by atomic mass is 9.99. The van der Waals surface area contributed by atoms with Crippen LogP contribution in [0.3, 0.4) is 0 Å². The van der Waals surface area contributed by atoms with Gasteiger partial charge in [-0.3, -0.25) is 4.79 Å². The fraction of sp³-hybridized carbons (Fsp3) is 0.0625. The minimum absolute atomic E-state index is 0.0710. The average Bonchev–Trinajstić information content (AvgIpc) is 2.90. The molecule has 0 saturated carbocycles. The van der Waals surface area contributed by atoms with Gasteiger partial charge in [-0.15, -0.1) is 0 Å². The van der Waals surface area contributed by atoms with Gasteiger partial charge in [0.2, 0.25) is 0 Å². The first-order valence-electron chi connectivity index (χ1n) is 6.06. The number of Topliss-reactive ketones (excluding diaryl/α,β-unsaturated/α-hetero) is 1. The van der Waals surface area contributed by atoms with Crippen molar-refractivity contribution in [1.29, 1.82) is 0 Å². The summed E-state index contributed by atoms with van der Waals surface area (Å²) in [5.41, 5.74) is 8.21. The van der Waals surface area contributed by atoms with Crippen molar-refractivity contribution < 1.29 is 4.79 Å². The van der Waals surface area contributed by atoms with Crippen LogP contribution < -0.4 is 5.73 Å². The summed E-state index contributed by atoms with van der Waals surface area (Å²) in [6.07, 6.45) is 0.409. The zero-order valence-corrected chi connectivity index (χ0v) is 11.1. The number of ketones is 1. The summed E-state index contributed by atoms with van der Waals surface area (Å²) in [6, 6.07) is 13.7. The molecule has 0 amide bonds. The predicted octanol–water partition coefficient (Wildman–Crippen LogP) is 3.91. The van der Waals surface area contributed by atoms with Crippen LogP contribution in [0.5, 0.6) is 0 Å². The Bertz CT molecular complexity index is 732. The van der Waals surface area contributed by atoms with Crippen LogP contribution in [0.1, 0.15) is 15.9 Å². The number of thiophene rings is 1. The Morgan fingerprint density at radius 1 is 1.11 bits per heavy atom. The zero-order valence-electron chi connectivity index (χ0n) is 10.3. The van der Waals surface area contributed by atoms with Crippen LogP contribution in [0.25, 0.3) is 10.8 Å². The molecule has 0 atom stereocenters. The second-order valence-corrected chi connectivity index (χ2v) is 5.30. The molecule has 2 N–H and O–H groups in total. The first-order valence-corrected chi connectivity index (χ1v) is 7.01. The van der Waals surface area contributed by atoms with Gasteiger partial charge in [0.05, 0.1) is 0 Å². The van der Waals surface area contributed by atoms with Gasteiger partial charge in [-0.25, -0.2) is 0 Å². The molecule has 0 spiro atoms. The van der Waals surface area contributed by atoms with Crippen LogP contribution in [0.15, 0.2) is 53.2 Å². The molecule has 19 heavy (non-hydrogen) atoms. The van der Waals surface area contributed by atoms with Crippen molar-refractivity contribution >= 4 is 33.6 Å². The summed E-state index contributed by atoms with van der Waals surface area (Å²) >= 11 is 1.60. The van der Waals surface area contributed by atoms with Gasteiger partial charge in [-0.1, -0.05) is 24.3 Å². The summed E-state index contributed by atoms with van der Waals surface area (Å²) in [5.74, 6) is 0.0710. The first kappa shape index (κ1) is 11.9. The maximum Gasteiger partial charge on any atom is 0.169 e. The smallest absolute Gasteiger partial charge is 0.169 e. The highest BCUT2D eigenvalue weighted by Crippen LogP contribution is 2.23. The van der Waals surface area contributed by atoms with E-state index >= 15 is 0 Å². The third-order valence-corrected chi connectivity index (χ3v) is 3.90. The number of anilines is 1. The predicted molar refractivity (Wildman–Crippen MR) is 80.7 cm³/mol. The van der Waals surface area contributed by atoms with Crippen LogP contribution in [0.4, 0.5) is 5.69 Å². The molecule has 94 valence electrons. The third-order valence-electron chi connectivity index (χ3n) is 3.16. The molecule has 2 nitrogen and oxygen atoms in total. The van der Waals surface area contributed by atoms with Crippen molar-refractivity contribution in [3.63, 3.8) is 0 Å². The molecular formula is C16H13NOS. The lowest BCUT2D eigenvalue weighted by Gasteiger charge is -2.07. The number of fused-ring (bicyclic) bond motifs is 1. The Morgan fingerprint density at radius 3 is 2.53 bits per heavy atom. The molecule has 0 unspecified atom stereocenters. The largest absolute Gasteiger partial charge is 0.398 e. The van der Waals surface area contributed by atoms with Gasteiger partial charge >= 0.3 is 0 Å². The molecule has 0 bridgehead atoms. The highest BCUT2D eigenvalue weighted by molar-refractivity contribution is 7.08. The van der Waals surface area contributed by atoms with Gasteiger partial charge in [0.1, 0.15) is 0 Å². The number of carbonyl (C=O) groups excluding carboxylic acids is 1. The topological polar surface area (TPSA) is 43.1 Å². The van der Waals surface area contributed by atoms with Gasteiger partial charge < -0.3 is 5.73 Å². The Kier molecular flexibility index (Phi) is 3.05. The fourth-order valence-electron chi connectivity index (χ4n) is 2.17. The maximum atomic E-state index is 12.3. The van der Waals surface area contributed by atoms with Crippen LogP contribution in [0, 0.1) is 0 Å². The SMILES string of the molecule is Nc1cc2ccccc2cc1C(=O)Cc1ccsc1. The summed E-state index contributed by atoms with van der Waals surface area (Å²) in [7, 11) is 0. The van der Waals surface area contributed by atoms with Crippen LogP contribution in [0.2, 0.25) is 0 Å². The molecule has 0 aliphatic heterocycles. The summed E-state index contributed by atoms with van der Waals surface area (Å²) in [6.45, 7) is 0. The van der Waals surface area contributed by atoms with E-state index in [1.165, 1.54) is 0 Å². The first-order chi connectivity index (χ1) is 9.24. The van der Waals surface area contributed by atoms with E-state index in [9.17, 15) is 4.79 Å². The van der Waals surface area contributed by atoms with Crippen molar-refractivity contribution in [2.75, 3.05) is 5.73 Å². The minimum Gasteiger partial charge on any atom is -0.398 e. The molecule has 3 rings (SSSR count). The summed E-state index contributed by atoms with van der Waals surface area (Å²) < 4.78 is 0. The van der Waals surface area contributed by atoms with E-state index in [0.717, 1.165) is 16.3 Å². The van der Waals surface area contributed by atoms with E-state index < -0.39 is 0 Å². The Labute approximate surface area is 115 Å². The van der Waals surface area contributed by atoms with Crippen molar-refractivity contribution in [2.45, 2.75) is 6.42 Å². The second kappa shape index (κ2) is 4.86. The number of nitrogen functional groups attached to an aromatic ring is 1. The van der Waals surface area contributed by atoms with Crippen LogP contribution in [-0.4, -0.2) is 5.78 Å². The summed E-state index contributed by atoms with van der Waals surface area (Å²) in [4.78, 5) is 12.3. The summed E-state index contributed by atoms with van der Waals surface area (Å²) in [5, 5.41) is 6.08. The number of carbonyl (C=O) groups is 1. The van der Waals surface area contributed by atoms with Gasteiger partial charge in [-0.2, -0.15) is 11.3 Å². The van der Waals surface area contributed by atoms with Gasteiger partial charge in [-0.05, 0) is 45.3 Å². The van der Waals surface area contributed by atoms with E-state index in [2.05, 4.69) is 0 Å². The minimum atomic E-state index is 0.0710. The molecule has 2 aromatic carbocycles. The maximum absolute atomic E-state index is 12.3. The Balaban J connectivity index is 1.99. The quantitative estimate of drug-likeness (QED) is 0.577. The Hall–Kier alpha value is -2.13. The lowest BCUT2D eigenvalue weighted by Crippen LogP contribution is -2.06. The van der Waals surface area contributed by atoms with Crippen molar-refractivity contribution in [2.24, 2.45) is 0 Å². The Morgan fingerprint density at radius 2 is 1.84 bits per heavy atom. The zero-order chi connectivity index (χ0) is 13.2. The standard InChI is InChI=1S/C16H13NOS/c17-15-9-13-4-2-1-3-12(13)8-14(15)16(18)7-11-5-6-19-10-11/h1-6,8-10H,7,17H2. The normalized spacial score (nSPS) is 10.7. The number of hydrogen-bond donors (Lipinski definition) is 1. The van der Waals surface area contributed by atoms with Crippen molar-refractivity contribution in [1.82, 2.24) is 0 Å². The monoisotopic (exact) mass is 267 g/mol. The van der Waals surface area contributed by atoms with E-state index in [1.54, 1.807) is 11.3 Å². The van der Waals surface area contributed by atoms with Gasteiger partial charge in [0, 0.05) is 17.7 Å². The highest BCUT2D eigenvalue weighted by atomic mass is 32.1. The molecule has 1 heterocycles. The average molecular weight is 267 g/mol. The van der Waals surface area contributed by atoms with E-state index in [-0.39, 0.29) is 5.78 Å². The molecule has 0 radical (unpaired) electrons. The molecule has 1 aromatic heterocycles. The van der Waals surface area contributed by atoms with Crippen LogP contribution >= 0.6 is 11.3 Å². The highest BCUT2D eigenvalue weighted by Gasteiger charge is 2.12. The van der Waals surface area contributed by atoms with E-state index in [4.69, 9.17) is 5.73 Å². The molecule has 0 aliphatic carbocycles. The van der Waals surface area contributed by atoms with Crippen molar-refractivity contribution in [3.8, 4) is 0 Å².